The van der Waals surface area contributed by atoms with Gasteiger partial charge in [0.05, 0.1) is 25.5 Å². The Balaban J connectivity index is 1.69. The number of halogens is 1. The predicted molar refractivity (Wildman–Crippen MR) is 126 cm³/mol. The third kappa shape index (κ3) is 6.02. The van der Waals surface area contributed by atoms with E-state index in [1.54, 1.807) is 30.5 Å². The highest BCUT2D eigenvalue weighted by molar-refractivity contribution is 6.31. The summed E-state index contributed by atoms with van der Waals surface area (Å²) in [5, 5.41) is 4.71. The minimum atomic E-state index is -0.358. The van der Waals surface area contributed by atoms with Gasteiger partial charge in [-0.3, -0.25) is 4.79 Å². The molecule has 3 aromatic rings. The number of rotatable bonds is 9. The molecule has 3 rings (SSSR count). The SMILES string of the molecule is CCOc1cc(/C=N\NC(=O)c2ccc(C)cc2OC)ccc1OCc1ccccc1Cl. The van der Waals surface area contributed by atoms with Gasteiger partial charge >= 0.3 is 0 Å². The first-order chi connectivity index (χ1) is 15.5. The second-order valence-corrected chi connectivity index (χ2v) is 7.33. The van der Waals surface area contributed by atoms with Gasteiger partial charge < -0.3 is 14.2 Å². The fourth-order valence-electron chi connectivity index (χ4n) is 2.98. The van der Waals surface area contributed by atoms with Crippen LogP contribution in [0.2, 0.25) is 5.02 Å². The van der Waals surface area contributed by atoms with Crippen LogP contribution in [-0.4, -0.2) is 25.8 Å². The lowest BCUT2D eigenvalue weighted by molar-refractivity contribution is 0.0952. The first-order valence-corrected chi connectivity index (χ1v) is 10.5. The van der Waals surface area contributed by atoms with Crippen molar-refractivity contribution >= 4 is 23.7 Å². The Morgan fingerprint density at radius 2 is 1.84 bits per heavy atom. The van der Waals surface area contributed by atoms with Gasteiger partial charge in [0.1, 0.15) is 12.4 Å². The third-order valence-electron chi connectivity index (χ3n) is 4.59. The number of ether oxygens (including phenoxy) is 3. The minimum Gasteiger partial charge on any atom is -0.496 e. The number of nitrogens with zero attached hydrogens (tertiary/aromatic N) is 1. The van der Waals surface area contributed by atoms with Crippen molar-refractivity contribution in [2.75, 3.05) is 13.7 Å². The van der Waals surface area contributed by atoms with Gasteiger partial charge in [0.15, 0.2) is 11.5 Å². The highest BCUT2D eigenvalue weighted by Crippen LogP contribution is 2.29. The highest BCUT2D eigenvalue weighted by atomic mass is 35.5. The number of methoxy groups -OCH3 is 1. The Labute approximate surface area is 192 Å². The molecule has 0 radical (unpaired) electrons. The first-order valence-electron chi connectivity index (χ1n) is 10.1. The number of hydrogen-bond donors (Lipinski definition) is 1. The maximum Gasteiger partial charge on any atom is 0.275 e. The van der Waals surface area contributed by atoms with E-state index < -0.39 is 0 Å². The van der Waals surface area contributed by atoms with Gasteiger partial charge in [-0.2, -0.15) is 5.10 Å². The number of amides is 1. The van der Waals surface area contributed by atoms with Gasteiger partial charge in [-0.15, -0.1) is 0 Å². The van der Waals surface area contributed by atoms with Crippen molar-refractivity contribution in [1.82, 2.24) is 5.43 Å². The molecular formula is C25H25ClN2O4. The fourth-order valence-corrected chi connectivity index (χ4v) is 3.17. The molecule has 0 saturated carbocycles. The molecular weight excluding hydrogens is 428 g/mol. The Bertz CT molecular complexity index is 1110. The van der Waals surface area contributed by atoms with E-state index in [1.807, 2.05) is 50.2 Å². The molecule has 166 valence electrons. The molecule has 32 heavy (non-hydrogen) atoms. The molecule has 0 fully saturated rings. The van der Waals surface area contributed by atoms with E-state index in [0.29, 0.717) is 41.0 Å². The van der Waals surface area contributed by atoms with Crippen molar-refractivity contribution in [3.63, 3.8) is 0 Å². The summed E-state index contributed by atoms with van der Waals surface area (Å²) in [5.41, 5.74) is 5.57. The predicted octanol–water partition coefficient (Wildman–Crippen LogP) is 5.40. The lowest BCUT2D eigenvalue weighted by Crippen LogP contribution is -2.18. The maximum atomic E-state index is 12.4. The normalized spacial score (nSPS) is 10.8. The van der Waals surface area contributed by atoms with E-state index in [9.17, 15) is 4.79 Å². The monoisotopic (exact) mass is 452 g/mol. The van der Waals surface area contributed by atoms with Gasteiger partial charge in [-0.1, -0.05) is 35.9 Å². The van der Waals surface area contributed by atoms with Crippen LogP contribution in [0.25, 0.3) is 0 Å². The third-order valence-corrected chi connectivity index (χ3v) is 4.96. The molecule has 0 heterocycles. The topological polar surface area (TPSA) is 69.2 Å². The van der Waals surface area contributed by atoms with E-state index in [4.69, 9.17) is 25.8 Å². The summed E-state index contributed by atoms with van der Waals surface area (Å²) in [7, 11) is 1.53. The number of aryl methyl sites for hydroxylation is 1. The molecule has 0 unspecified atom stereocenters. The molecule has 1 N–H and O–H groups in total. The summed E-state index contributed by atoms with van der Waals surface area (Å²) in [5.74, 6) is 1.31. The second-order valence-electron chi connectivity index (χ2n) is 6.92. The number of hydrogen-bond acceptors (Lipinski definition) is 5. The molecule has 0 aromatic heterocycles. The van der Waals surface area contributed by atoms with Crippen LogP contribution < -0.4 is 19.6 Å². The number of nitrogens with one attached hydrogen (secondary N) is 1. The van der Waals surface area contributed by atoms with Crippen LogP contribution in [0.3, 0.4) is 0 Å². The lowest BCUT2D eigenvalue weighted by atomic mass is 10.1. The van der Waals surface area contributed by atoms with Crippen LogP contribution >= 0.6 is 11.6 Å². The van der Waals surface area contributed by atoms with Crippen LogP contribution in [0.15, 0.2) is 65.8 Å². The Morgan fingerprint density at radius 3 is 2.59 bits per heavy atom. The summed E-state index contributed by atoms with van der Waals surface area (Å²) in [6.45, 7) is 4.63. The van der Waals surface area contributed by atoms with Crippen LogP contribution in [0.4, 0.5) is 0 Å². The smallest absolute Gasteiger partial charge is 0.275 e. The molecule has 0 saturated heterocycles. The first kappa shape index (κ1) is 23.2. The van der Waals surface area contributed by atoms with Crippen LogP contribution in [0, 0.1) is 6.92 Å². The largest absolute Gasteiger partial charge is 0.496 e. The molecule has 0 aliphatic carbocycles. The summed E-state index contributed by atoms with van der Waals surface area (Å²) < 4.78 is 16.9. The van der Waals surface area contributed by atoms with Crippen LogP contribution in [0.5, 0.6) is 17.2 Å². The molecule has 0 atom stereocenters. The molecule has 1 amide bonds. The van der Waals surface area contributed by atoms with E-state index in [1.165, 1.54) is 7.11 Å². The molecule has 0 aliphatic heterocycles. The van der Waals surface area contributed by atoms with Gasteiger partial charge in [0, 0.05) is 10.6 Å². The quantitative estimate of drug-likeness (QED) is 0.348. The second kappa shape index (κ2) is 11.2. The summed E-state index contributed by atoms with van der Waals surface area (Å²) in [6.07, 6.45) is 1.54. The van der Waals surface area contributed by atoms with Crippen molar-refractivity contribution in [2.45, 2.75) is 20.5 Å². The number of benzene rings is 3. The zero-order valence-corrected chi connectivity index (χ0v) is 19.0. The maximum absolute atomic E-state index is 12.4. The molecule has 6 nitrogen and oxygen atoms in total. The van der Waals surface area contributed by atoms with Crippen molar-refractivity contribution in [3.05, 3.63) is 87.9 Å². The average molecular weight is 453 g/mol. The van der Waals surface area contributed by atoms with E-state index in [-0.39, 0.29) is 5.91 Å². The standard InChI is InChI=1S/C25H25ClN2O4/c1-4-31-24-14-18(10-12-22(24)32-16-19-7-5-6-8-21(19)26)15-27-28-25(29)20-11-9-17(2)13-23(20)30-3/h5-15H,4,16H2,1-3H3,(H,28,29)/b27-15-. The molecule has 0 bridgehead atoms. The minimum absolute atomic E-state index is 0.321. The summed E-state index contributed by atoms with van der Waals surface area (Å²) >= 11 is 6.20. The Hall–Kier alpha value is -3.51. The number of carbonyl (C=O) groups is 1. The van der Waals surface area contributed by atoms with Gasteiger partial charge in [0.2, 0.25) is 0 Å². The van der Waals surface area contributed by atoms with E-state index >= 15 is 0 Å². The number of carbonyl (C=O) groups excluding carboxylic acids is 1. The van der Waals surface area contributed by atoms with Gasteiger partial charge in [-0.05, 0) is 61.4 Å². The summed E-state index contributed by atoms with van der Waals surface area (Å²) in [4.78, 5) is 12.4. The van der Waals surface area contributed by atoms with Gasteiger partial charge in [-0.25, -0.2) is 5.43 Å². The van der Waals surface area contributed by atoms with Gasteiger partial charge in [0.25, 0.3) is 5.91 Å². The van der Waals surface area contributed by atoms with Crippen LogP contribution in [0.1, 0.15) is 34.0 Å². The number of hydrazone groups is 1. The fraction of sp³-hybridized carbons (Fsp3) is 0.200. The molecule has 7 heteroatoms. The lowest BCUT2D eigenvalue weighted by Gasteiger charge is -2.13. The van der Waals surface area contributed by atoms with E-state index in [2.05, 4.69) is 10.5 Å². The van der Waals surface area contributed by atoms with Crippen molar-refractivity contribution in [1.29, 1.82) is 0 Å². The van der Waals surface area contributed by atoms with Crippen molar-refractivity contribution in [2.24, 2.45) is 5.10 Å². The van der Waals surface area contributed by atoms with E-state index in [0.717, 1.165) is 16.7 Å². The molecule has 0 aliphatic rings. The van der Waals surface area contributed by atoms with Crippen molar-refractivity contribution in [3.8, 4) is 17.2 Å². The van der Waals surface area contributed by atoms with Crippen LogP contribution in [-0.2, 0) is 6.61 Å². The zero-order chi connectivity index (χ0) is 22.9. The molecule has 3 aromatic carbocycles. The molecule has 0 spiro atoms. The zero-order valence-electron chi connectivity index (χ0n) is 18.2. The highest BCUT2D eigenvalue weighted by Gasteiger charge is 2.12. The Kier molecular flexibility index (Phi) is 8.11. The average Bonchev–Trinajstić information content (AvgIpc) is 2.79. The summed E-state index contributed by atoms with van der Waals surface area (Å²) in [6, 6.07) is 18.3. The van der Waals surface area contributed by atoms with Crippen molar-refractivity contribution < 1.29 is 19.0 Å². The Morgan fingerprint density at radius 1 is 1.03 bits per heavy atom.